The molecule has 1 saturated carbocycles. The van der Waals surface area contributed by atoms with Gasteiger partial charge in [-0.2, -0.15) is 0 Å². The molecular formula is C14H20O3S. The molecule has 0 bridgehead atoms. The average molecular weight is 268 g/mol. The molecule has 2 rings (SSSR count). The van der Waals surface area contributed by atoms with Crippen LogP contribution in [0.5, 0.6) is 0 Å². The Kier molecular flexibility index (Phi) is 3.28. The van der Waals surface area contributed by atoms with Gasteiger partial charge in [-0.25, -0.2) is 8.42 Å². The lowest BCUT2D eigenvalue weighted by Gasteiger charge is -2.25. The zero-order valence-electron chi connectivity index (χ0n) is 11.1. The monoisotopic (exact) mass is 268 g/mol. The highest BCUT2D eigenvalue weighted by Gasteiger charge is 2.47. The Balaban J connectivity index is 2.39. The summed E-state index contributed by atoms with van der Waals surface area (Å²) in [6.07, 6.45) is 0.483. The van der Waals surface area contributed by atoms with Crippen molar-refractivity contribution in [3.63, 3.8) is 0 Å². The molecule has 0 spiro atoms. The zero-order valence-corrected chi connectivity index (χ0v) is 11.9. The SMILES string of the molecule is Cc1cccc(S(=O)(=O)C2CCC(C)(C)C2O)c1. The summed E-state index contributed by atoms with van der Waals surface area (Å²) >= 11 is 0. The first-order valence-electron chi connectivity index (χ1n) is 6.24. The molecule has 1 aliphatic rings. The minimum absolute atomic E-state index is 0.318. The fourth-order valence-corrected chi connectivity index (χ4v) is 4.72. The summed E-state index contributed by atoms with van der Waals surface area (Å²) in [5, 5.41) is 9.53. The Hall–Kier alpha value is -0.870. The van der Waals surface area contributed by atoms with Crippen molar-refractivity contribution < 1.29 is 13.5 Å². The van der Waals surface area contributed by atoms with Crippen molar-refractivity contribution in [2.45, 2.75) is 49.9 Å². The molecule has 1 fully saturated rings. The molecule has 3 nitrogen and oxygen atoms in total. The van der Waals surface area contributed by atoms with E-state index >= 15 is 0 Å². The van der Waals surface area contributed by atoms with Crippen LogP contribution in [0.15, 0.2) is 29.2 Å². The summed E-state index contributed by atoms with van der Waals surface area (Å²) in [5.74, 6) is 0. The number of aliphatic hydroxyl groups is 1. The number of hydrogen-bond donors (Lipinski definition) is 1. The average Bonchev–Trinajstić information content (AvgIpc) is 2.54. The lowest BCUT2D eigenvalue weighted by molar-refractivity contribution is 0.0816. The van der Waals surface area contributed by atoms with Crippen LogP contribution in [0.2, 0.25) is 0 Å². The van der Waals surface area contributed by atoms with Gasteiger partial charge in [0.25, 0.3) is 0 Å². The van der Waals surface area contributed by atoms with Gasteiger partial charge in [-0.05, 0) is 42.9 Å². The Morgan fingerprint density at radius 2 is 2.00 bits per heavy atom. The van der Waals surface area contributed by atoms with E-state index in [0.29, 0.717) is 11.3 Å². The number of aliphatic hydroxyl groups excluding tert-OH is 1. The van der Waals surface area contributed by atoms with Crippen LogP contribution in [0.25, 0.3) is 0 Å². The van der Waals surface area contributed by atoms with Crippen LogP contribution >= 0.6 is 0 Å². The third-order valence-electron chi connectivity index (χ3n) is 3.94. The molecule has 18 heavy (non-hydrogen) atoms. The van der Waals surface area contributed by atoms with Crippen molar-refractivity contribution in [1.82, 2.24) is 0 Å². The van der Waals surface area contributed by atoms with Crippen molar-refractivity contribution >= 4 is 9.84 Å². The van der Waals surface area contributed by atoms with Gasteiger partial charge < -0.3 is 5.11 Å². The van der Waals surface area contributed by atoms with Crippen molar-refractivity contribution in [1.29, 1.82) is 0 Å². The smallest absolute Gasteiger partial charge is 0.183 e. The van der Waals surface area contributed by atoms with E-state index in [9.17, 15) is 13.5 Å². The van der Waals surface area contributed by atoms with E-state index in [0.717, 1.165) is 12.0 Å². The highest BCUT2D eigenvalue weighted by Crippen LogP contribution is 2.42. The fraction of sp³-hybridized carbons (Fsp3) is 0.571. The molecule has 1 aromatic carbocycles. The summed E-state index contributed by atoms with van der Waals surface area (Å²) < 4.78 is 25.0. The van der Waals surface area contributed by atoms with Crippen LogP contribution in [0.4, 0.5) is 0 Å². The normalized spacial score (nSPS) is 27.3. The Bertz CT molecular complexity index is 546. The Labute approximate surface area is 109 Å². The van der Waals surface area contributed by atoms with Crippen LogP contribution in [0.1, 0.15) is 32.3 Å². The quantitative estimate of drug-likeness (QED) is 0.895. The second kappa shape index (κ2) is 4.35. The first-order valence-corrected chi connectivity index (χ1v) is 7.78. The van der Waals surface area contributed by atoms with Gasteiger partial charge >= 0.3 is 0 Å². The van der Waals surface area contributed by atoms with Gasteiger partial charge in [0.15, 0.2) is 9.84 Å². The third-order valence-corrected chi connectivity index (χ3v) is 6.14. The number of aryl methyl sites for hydroxylation is 1. The molecule has 0 heterocycles. The molecule has 2 atom stereocenters. The summed E-state index contributed by atoms with van der Waals surface area (Å²) in [4.78, 5) is 0.323. The maximum atomic E-state index is 12.5. The fourth-order valence-electron chi connectivity index (χ4n) is 2.62. The van der Waals surface area contributed by atoms with Gasteiger partial charge in [-0.15, -0.1) is 0 Å². The number of sulfone groups is 1. The van der Waals surface area contributed by atoms with Gasteiger partial charge in [-0.1, -0.05) is 26.0 Å². The van der Waals surface area contributed by atoms with Gasteiger partial charge in [-0.3, -0.25) is 0 Å². The summed E-state index contributed by atoms with van der Waals surface area (Å²) in [6.45, 7) is 5.71. The molecule has 0 aliphatic heterocycles. The van der Waals surface area contributed by atoms with Crippen LogP contribution in [-0.2, 0) is 9.84 Å². The van der Waals surface area contributed by atoms with E-state index in [-0.39, 0.29) is 5.41 Å². The molecule has 1 aliphatic carbocycles. The molecule has 1 N–H and O–H groups in total. The largest absolute Gasteiger partial charge is 0.391 e. The second-order valence-electron chi connectivity index (χ2n) is 5.87. The van der Waals surface area contributed by atoms with Gasteiger partial charge in [0.2, 0.25) is 0 Å². The molecule has 0 aromatic heterocycles. The summed E-state index contributed by atoms with van der Waals surface area (Å²) in [6, 6.07) is 6.90. The van der Waals surface area contributed by atoms with Crippen LogP contribution in [0.3, 0.4) is 0 Å². The van der Waals surface area contributed by atoms with Crippen LogP contribution < -0.4 is 0 Å². The van der Waals surface area contributed by atoms with E-state index in [4.69, 9.17) is 0 Å². The number of rotatable bonds is 2. The summed E-state index contributed by atoms with van der Waals surface area (Å²) in [7, 11) is -3.43. The molecule has 4 heteroatoms. The standard InChI is InChI=1S/C14H20O3S/c1-10-5-4-6-11(9-10)18(16,17)12-7-8-14(2,3)13(12)15/h4-6,9,12-13,15H,7-8H2,1-3H3. The zero-order chi connectivity index (χ0) is 13.6. The lowest BCUT2D eigenvalue weighted by Crippen LogP contribution is -2.36. The van der Waals surface area contributed by atoms with Crippen molar-refractivity contribution in [2.24, 2.45) is 5.41 Å². The van der Waals surface area contributed by atoms with Crippen molar-refractivity contribution in [3.8, 4) is 0 Å². The van der Waals surface area contributed by atoms with Gasteiger partial charge in [0.1, 0.15) is 0 Å². The van der Waals surface area contributed by atoms with E-state index in [2.05, 4.69) is 0 Å². The second-order valence-corrected chi connectivity index (χ2v) is 8.04. The minimum Gasteiger partial charge on any atom is -0.391 e. The van der Waals surface area contributed by atoms with Gasteiger partial charge in [0, 0.05) is 0 Å². The van der Waals surface area contributed by atoms with E-state index in [1.165, 1.54) is 0 Å². The van der Waals surface area contributed by atoms with Crippen molar-refractivity contribution in [2.75, 3.05) is 0 Å². The predicted octanol–water partition coefficient (Wildman–Crippen LogP) is 2.32. The minimum atomic E-state index is -3.43. The molecular weight excluding hydrogens is 248 g/mol. The highest BCUT2D eigenvalue weighted by molar-refractivity contribution is 7.92. The Morgan fingerprint density at radius 3 is 2.50 bits per heavy atom. The van der Waals surface area contributed by atoms with E-state index < -0.39 is 21.2 Å². The lowest BCUT2D eigenvalue weighted by atomic mass is 9.89. The van der Waals surface area contributed by atoms with E-state index in [1.54, 1.807) is 18.2 Å². The van der Waals surface area contributed by atoms with Crippen molar-refractivity contribution in [3.05, 3.63) is 29.8 Å². The molecule has 100 valence electrons. The molecule has 1 aromatic rings. The van der Waals surface area contributed by atoms with E-state index in [1.807, 2.05) is 26.8 Å². The molecule has 0 amide bonds. The maximum Gasteiger partial charge on any atom is 0.183 e. The summed E-state index contributed by atoms with van der Waals surface area (Å²) in [5.41, 5.74) is 0.601. The number of hydrogen-bond acceptors (Lipinski definition) is 3. The van der Waals surface area contributed by atoms with Crippen LogP contribution in [-0.4, -0.2) is 24.9 Å². The van der Waals surface area contributed by atoms with Crippen LogP contribution in [0, 0.1) is 12.3 Å². The first-order chi connectivity index (χ1) is 8.25. The molecule has 2 unspecified atom stereocenters. The maximum absolute atomic E-state index is 12.5. The van der Waals surface area contributed by atoms with Gasteiger partial charge in [0.05, 0.1) is 16.2 Å². The first kappa shape index (κ1) is 13.6. The topological polar surface area (TPSA) is 54.4 Å². The Morgan fingerprint density at radius 1 is 1.33 bits per heavy atom. The third kappa shape index (κ3) is 2.19. The predicted molar refractivity (Wildman–Crippen MR) is 71.2 cm³/mol. The molecule has 0 radical (unpaired) electrons. The number of benzene rings is 1. The molecule has 0 saturated heterocycles. The highest BCUT2D eigenvalue weighted by atomic mass is 32.2.